The van der Waals surface area contributed by atoms with Gasteiger partial charge in [0.15, 0.2) is 0 Å². The minimum Gasteiger partial charge on any atom is -0.494 e. The summed E-state index contributed by atoms with van der Waals surface area (Å²) in [6, 6.07) is 9.79. The van der Waals surface area contributed by atoms with Crippen LogP contribution in [0.5, 0.6) is 5.75 Å². The Morgan fingerprint density at radius 2 is 1.76 bits per heavy atom. The Bertz CT molecular complexity index is 465. The van der Waals surface area contributed by atoms with E-state index in [0.717, 1.165) is 44.6 Å². The molecule has 0 aromatic heterocycles. The third kappa shape index (κ3) is 11.6. The summed E-state index contributed by atoms with van der Waals surface area (Å²) in [5.74, 6) is 1.28. The molecule has 120 valence electrons. The van der Waals surface area contributed by atoms with Crippen LogP contribution in [-0.2, 0) is 9.15 Å². The molecule has 1 aromatic carbocycles. The van der Waals surface area contributed by atoms with Crippen LogP contribution in [-0.4, -0.2) is 38.4 Å². The normalized spacial score (nSPS) is 11.5. The van der Waals surface area contributed by atoms with Crippen LogP contribution in [0.1, 0.15) is 25.7 Å². The van der Waals surface area contributed by atoms with E-state index in [1.807, 2.05) is 30.3 Å². The second kappa shape index (κ2) is 10.9. The molecule has 0 saturated carbocycles. The fourth-order valence-electron chi connectivity index (χ4n) is 1.76. The Kier molecular flexibility index (Phi) is 9.49. The molecule has 0 radical (unpaired) electrons. The quantitative estimate of drug-likeness (QED) is 0.348. The molecule has 0 saturated heterocycles. The maximum atomic E-state index is 10.4. The van der Waals surface area contributed by atoms with Crippen molar-refractivity contribution in [3.63, 3.8) is 0 Å². The van der Waals surface area contributed by atoms with Crippen LogP contribution < -0.4 is 10.1 Å². The molecular weight excluding hydrogens is 310 g/mol. The Balaban J connectivity index is 1.83. The van der Waals surface area contributed by atoms with Gasteiger partial charge in [0, 0.05) is 12.3 Å². The first-order valence-corrected chi connectivity index (χ1v) is 10.0. The highest BCUT2D eigenvalue weighted by Crippen LogP contribution is 2.09. The molecule has 0 heterocycles. The van der Waals surface area contributed by atoms with Crippen molar-refractivity contribution in [1.82, 2.24) is 5.32 Å². The molecule has 0 atom stereocenters. The van der Waals surface area contributed by atoms with Gasteiger partial charge < -0.3 is 10.1 Å². The molecule has 1 aromatic rings. The Labute approximate surface area is 130 Å². The van der Waals surface area contributed by atoms with Crippen molar-refractivity contribution >= 4 is 19.9 Å². The Morgan fingerprint density at radius 1 is 1.05 bits per heavy atom. The number of rotatable bonds is 12. The van der Waals surface area contributed by atoms with Crippen molar-refractivity contribution in [3.05, 3.63) is 30.3 Å². The molecule has 0 spiro atoms. The molecule has 2 N–H and O–H groups in total. The summed E-state index contributed by atoms with van der Waals surface area (Å²) in [5, 5.41) is 3.15. The maximum absolute atomic E-state index is 10.4. The van der Waals surface area contributed by atoms with Crippen molar-refractivity contribution in [1.29, 1.82) is 0 Å². The lowest BCUT2D eigenvalue weighted by molar-refractivity contribution is 0.304. The van der Waals surface area contributed by atoms with Crippen LogP contribution in [0.25, 0.3) is 0 Å². The zero-order valence-corrected chi connectivity index (χ0v) is 13.7. The van der Waals surface area contributed by atoms with Crippen LogP contribution >= 0.6 is 10.8 Å². The van der Waals surface area contributed by atoms with E-state index in [0.29, 0.717) is 23.1 Å². The lowest BCUT2D eigenvalue weighted by Crippen LogP contribution is -2.19. The van der Waals surface area contributed by atoms with E-state index in [9.17, 15) is 8.42 Å². The highest BCUT2D eigenvalue weighted by Gasteiger charge is 2.03. The summed E-state index contributed by atoms with van der Waals surface area (Å²) in [5.41, 5.74) is 0. The predicted octanol–water partition coefficient (Wildman–Crippen LogP) is 2.75. The van der Waals surface area contributed by atoms with Crippen LogP contribution in [0.4, 0.5) is 0 Å². The molecule has 0 fully saturated rings. The van der Waals surface area contributed by atoms with Crippen molar-refractivity contribution in [2.75, 3.05) is 25.4 Å². The lowest BCUT2D eigenvalue weighted by atomic mass is 10.2. The SMILES string of the molecule is O=S(=O)(O)SCCNCCCCCCOc1ccccc1. The van der Waals surface area contributed by atoms with Crippen molar-refractivity contribution in [2.45, 2.75) is 25.7 Å². The number of nitrogens with one attached hydrogen (secondary N) is 1. The molecule has 0 aliphatic heterocycles. The van der Waals surface area contributed by atoms with E-state index in [2.05, 4.69) is 5.32 Å². The first-order chi connectivity index (χ1) is 10.1. The topological polar surface area (TPSA) is 75.6 Å². The lowest BCUT2D eigenvalue weighted by Gasteiger charge is -2.06. The van der Waals surface area contributed by atoms with Gasteiger partial charge in [0.25, 0.3) is 0 Å². The smallest absolute Gasteiger partial charge is 0.319 e. The predicted molar refractivity (Wildman–Crippen MR) is 87.3 cm³/mol. The summed E-state index contributed by atoms with van der Waals surface area (Å²) in [7, 11) is -3.34. The third-order valence-corrected chi connectivity index (χ3v) is 4.83. The van der Waals surface area contributed by atoms with Gasteiger partial charge in [-0.2, -0.15) is 8.42 Å². The Morgan fingerprint density at radius 3 is 2.48 bits per heavy atom. The first kappa shape index (κ1) is 18.3. The molecule has 7 heteroatoms. The molecule has 0 unspecified atom stereocenters. The number of ether oxygens (including phenoxy) is 1. The van der Waals surface area contributed by atoms with Gasteiger partial charge in [-0.25, -0.2) is 0 Å². The average Bonchev–Trinajstić information content (AvgIpc) is 2.44. The average molecular weight is 333 g/mol. The standard InChI is InChI=1S/C14H23NO4S2/c16-21(17,18)20-13-11-15-10-6-1-2-7-12-19-14-8-4-3-5-9-14/h3-5,8-9,15H,1-2,6-7,10-13H2,(H,16,17,18). The number of unbranched alkanes of at least 4 members (excludes halogenated alkanes) is 3. The minimum absolute atomic E-state index is 0.365. The van der Waals surface area contributed by atoms with E-state index >= 15 is 0 Å². The van der Waals surface area contributed by atoms with Gasteiger partial charge in [0.1, 0.15) is 5.75 Å². The van der Waals surface area contributed by atoms with Crippen molar-refractivity contribution in [3.8, 4) is 5.75 Å². The van der Waals surface area contributed by atoms with E-state index in [1.165, 1.54) is 0 Å². The second-order valence-corrected chi connectivity index (χ2v) is 8.05. The van der Waals surface area contributed by atoms with E-state index in [4.69, 9.17) is 9.29 Å². The molecular formula is C14H23NO4S2. The molecule has 0 bridgehead atoms. The fraction of sp³-hybridized carbons (Fsp3) is 0.571. The van der Waals surface area contributed by atoms with Gasteiger partial charge in [-0.15, -0.1) is 0 Å². The highest BCUT2D eigenvalue weighted by molar-refractivity contribution is 8.69. The van der Waals surface area contributed by atoms with Gasteiger partial charge in [0.2, 0.25) is 0 Å². The number of hydrogen-bond acceptors (Lipinski definition) is 5. The van der Waals surface area contributed by atoms with Gasteiger partial charge >= 0.3 is 9.15 Å². The summed E-state index contributed by atoms with van der Waals surface area (Å²) in [6.45, 7) is 2.19. The third-order valence-electron chi connectivity index (χ3n) is 2.77. The highest BCUT2D eigenvalue weighted by atomic mass is 33.1. The number of para-hydroxylation sites is 1. The molecule has 21 heavy (non-hydrogen) atoms. The summed E-state index contributed by atoms with van der Waals surface area (Å²) in [6.07, 6.45) is 4.33. The van der Waals surface area contributed by atoms with E-state index in [-0.39, 0.29) is 0 Å². The molecule has 0 amide bonds. The molecule has 1 rings (SSSR count). The number of benzene rings is 1. The van der Waals surface area contributed by atoms with Gasteiger partial charge in [0.05, 0.1) is 6.61 Å². The van der Waals surface area contributed by atoms with Gasteiger partial charge in [-0.3, -0.25) is 4.55 Å². The summed E-state index contributed by atoms with van der Waals surface area (Å²) in [4.78, 5) is 0. The van der Waals surface area contributed by atoms with E-state index < -0.39 is 9.15 Å². The van der Waals surface area contributed by atoms with Crippen molar-refractivity contribution < 1.29 is 17.7 Å². The zero-order valence-electron chi connectivity index (χ0n) is 12.0. The minimum atomic E-state index is -3.89. The van der Waals surface area contributed by atoms with E-state index in [1.54, 1.807) is 0 Å². The maximum Gasteiger partial charge on any atom is 0.319 e. The Hall–Kier alpha value is -0.760. The molecule has 0 aliphatic rings. The fourth-order valence-corrected chi connectivity index (χ4v) is 3.08. The van der Waals surface area contributed by atoms with Gasteiger partial charge in [-0.05, 0) is 42.3 Å². The largest absolute Gasteiger partial charge is 0.494 e. The molecule has 0 aliphatic carbocycles. The summed E-state index contributed by atoms with van der Waals surface area (Å²) >= 11 is 0. The monoisotopic (exact) mass is 333 g/mol. The first-order valence-electron chi connectivity index (χ1n) is 7.08. The summed E-state index contributed by atoms with van der Waals surface area (Å²) < 4.78 is 35.0. The van der Waals surface area contributed by atoms with Crippen LogP contribution in [0.3, 0.4) is 0 Å². The van der Waals surface area contributed by atoms with Crippen LogP contribution in [0.2, 0.25) is 0 Å². The van der Waals surface area contributed by atoms with Crippen molar-refractivity contribution in [2.24, 2.45) is 0 Å². The zero-order chi connectivity index (χ0) is 15.4. The van der Waals surface area contributed by atoms with Crippen LogP contribution in [0, 0.1) is 0 Å². The second-order valence-electron chi connectivity index (χ2n) is 4.58. The molecule has 5 nitrogen and oxygen atoms in total. The van der Waals surface area contributed by atoms with Gasteiger partial charge in [-0.1, -0.05) is 31.0 Å². The van der Waals surface area contributed by atoms with Crippen LogP contribution in [0.15, 0.2) is 30.3 Å². The number of hydrogen-bond donors (Lipinski definition) is 2.